The van der Waals surface area contributed by atoms with Gasteiger partial charge in [0.05, 0.1) is 6.61 Å². The number of hydrogen-bond acceptors (Lipinski definition) is 4. The van der Waals surface area contributed by atoms with Gasteiger partial charge in [-0.3, -0.25) is 4.98 Å². The predicted octanol–water partition coefficient (Wildman–Crippen LogP) is 0.891. The Balaban J connectivity index is 1.82. The fraction of sp³-hybridized carbons (Fsp3) is 0.357. The molecule has 2 aromatic heterocycles. The van der Waals surface area contributed by atoms with Gasteiger partial charge in [-0.2, -0.15) is 0 Å². The lowest BCUT2D eigenvalue weighted by molar-refractivity contribution is 0.196. The van der Waals surface area contributed by atoms with Crippen LogP contribution in [0.5, 0.6) is 0 Å². The number of imidazole rings is 1. The molecular formula is C14H19N5O2. The maximum Gasteiger partial charge on any atom is 0.314 e. The summed E-state index contributed by atoms with van der Waals surface area (Å²) in [6, 6.07) is 5.49. The highest BCUT2D eigenvalue weighted by Gasteiger charge is 2.06. The van der Waals surface area contributed by atoms with Crippen molar-refractivity contribution in [1.29, 1.82) is 0 Å². The summed E-state index contributed by atoms with van der Waals surface area (Å²) in [6.07, 6.45) is 5.33. The van der Waals surface area contributed by atoms with Gasteiger partial charge in [0, 0.05) is 45.3 Å². The van der Waals surface area contributed by atoms with E-state index >= 15 is 0 Å². The van der Waals surface area contributed by atoms with Gasteiger partial charge in [0.15, 0.2) is 5.82 Å². The molecule has 0 unspecified atom stereocenters. The van der Waals surface area contributed by atoms with Crippen LogP contribution in [-0.2, 0) is 11.3 Å². The Kier molecular flexibility index (Phi) is 5.71. The zero-order valence-corrected chi connectivity index (χ0v) is 12.0. The van der Waals surface area contributed by atoms with E-state index in [-0.39, 0.29) is 6.03 Å². The van der Waals surface area contributed by atoms with Gasteiger partial charge < -0.3 is 19.9 Å². The van der Waals surface area contributed by atoms with Crippen molar-refractivity contribution in [3.63, 3.8) is 0 Å². The van der Waals surface area contributed by atoms with Gasteiger partial charge in [0.25, 0.3) is 0 Å². The summed E-state index contributed by atoms with van der Waals surface area (Å²) in [5, 5.41) is 5.48. The van der Waals surface area contributed by atoms with Crippen molar-refractivity contribution in [2.75, 3.05) is 26.8 Å². The SMILES string of the molecule is COCCNC(=O)NCCn1ccnc1-c1ccccn1. The van der Waals surface area contributed by atoms with Crippen LogP contribution >= 0.6 is 0 Å². The average Bonchev–Trinajstić information content (AvgIpc) is 2.97. The molecule has 0 saturated heterocycles. The number of methoxy groups -OCH3 is 1. The minimum absolute atomic E-state index is 0.202. The standard InChI is InChI=1S/C14H19N5O2/c1-21-11-8-18-14(20)17-7-10-19-9-6-16-13(19)12-4-2-3-5-15-12/h2-6,9H,7-8,10-11H2,1H3,(H2,17,18,20). The van der Waals surface area contributed by atoms with E-state index in [1.54, 1.807) is 19.5 Å². The van der Waals surface area contributed by atoms with Crippen molar-refractivity contribution >= 4 is 6.03 Å². The number of aromatic nitrogens is 3. The van der Waals surface area contributed by atoms with Crippen LogP contribution in [0.25, 0.3) is 11.5 Å². The van der Waals surface area contributed by atoms with E-state index in [4.69, 9.17) is 4.74 Å². The van der Waals surface area contributed by atoms with Crippen LogP contribution in [0.3, 0.4) is 0 Å². The summed E-state index contributed by atoms with van der Waals surface area (Å²) in [5.74, 6) is 0.789. The van der Waals surface area contributed by atoms with Crippen LogP contribution in [0.1, 0.15) is 0 Å². The lowest BCUT2D eigenvalue weighted by Gasteiger charge is -2.09. The van der Waals surface area contributed by atoms with Gasteiger partial charge in [-0.15, -0.1) is 0 Å². The van der Waals surface area contributed by atoms with Crippen molar-refractivity contribution < 1.29 is 9.53 Å². The van der Waals surface area contributed by atoms with E-state index in [1.165, 1.54) is 0 Å². The Morgan fingerprint density at radius 1 is 1.24 bits per heavy atom. The third-order valence-corrected chi connectivity index (χ3v) is 2.84. The number of ether oxygens (including phenoxy) is 1. The number of urea groups is 1. The van der Waals surface area contributed by atoms with Gasteiger partial charge in [0.2, 0.25) is 0 Å². The van der Waals surface area contributed by atoms with Crippen molar-refractivity contribution in [3.05, 3.63) is 36.8 Å². The number of rotatable bonds is 7. The molecule has 0 atom stereocenters. The molecule has 0 aliphatic heterocycles. The normalized spacial score (nSPS) is 10.3. The Hall–Kier alpha value is -2.41. The second-order valence-corrected chi connectivity index (χ2v) is 4.33. The highest BCUT2D eigenvalue weighted by Crippen LogP contribution is 2.13. The van der Waals surface area contributed by atoms with Crippen LogP contribution in [0.2, 0.25) is 0 Å². The second kappa shape index (κ2) is 8.01. The molecule has 2 heterocycles. The molecule has 0 bridgehead atoms. The summed E-state index contributed by atoms with van der Waals surface area (Å²) in [5.41, 5.74) is 0.812. The monoisotopic (exact) mass is 289 g/mol. The van der Waals surface area contributed by atoms with Crippen molar-refractivity contribution in [2.24, 2.45) is 0 Å². The topological polar surface area (TPSA) is 81.1 Å². The Morgan fingerprint density at radius 2 is 2.10 bits per heavy atom. The van der Waals surface area contributed by atoms with Crippen LogP contribution in [0.4, 0.5) is 4.79 Å². The van der Waals surface area contributed by atoms with Gasteiger partial charge in [-0.25, -0.2) is 9.78 Å². The lowest BCUT2D eigenvalue weighted by atomic mass is 10.3. The Labute approximate surface area is 123 Å². The van der Waals surface area contributed by atoms with Crippen molar-refractivity contribution in [2.45, 2.75) is 6.54 Å². The maximum absolute atomic E-state index is 11.5. The smallest absolute Gasteiger partial charge is 0.314 e. The number of nitrogens with one attached hydrogen (secondary N) is 2. The molecule has 21 heavy (non-hydrogen) atoms. The molecule has 2 amide bonds. The molecule has 2 aromatic rings. The molecule has 0 radical (unpaired) electrons. The van der Waals surface area contributed by atoms with E-state index in [0.717, 1.165) is 11.5 Å². The van der Waals surface area contributed by atoms with Gasteiger partial charge in [-0.1, -0.05) is 6.07 Å². The summed E-state index contributed by atoms with van der Waals surface area (Å²) >= 11 is 0. The van der Waals surface area contributed by atoms with Gasteiger partial charge in [-0.05, 0) is 12.1 Å². The number of nitrogens with zero attached hydrogens (tertiary/aromatic N) is 3. The van der Waals surface area contributed by atoms with Gasteiger partial charge in [0.1, 0.15) is 5.69 Å². The number of carbonyl (C=O) groups is 1. The van der Waals surface area contributed by atoms with E-state index in [0.29, 0.717) is 26.2 Å². The number of hydrogen-bond donors (Lipinski definition) is 2. The molecule has 2 rings (SSSR count). The summed E-state index contributed by atoms with van der Waals surface area (Å²) in [4.78, 5) is 20.1. The second-order valence-electron chi connectivity index (χ2n) is 4.33. The first-order valence-electron chi connectivity index (χ1n) is 6.74. The Bertz CT molecular complexity index is 556. The zero-order chi connectivity index (χ0) is 14.9. The minimum Gasteiger partial charge on any atom is -0.383 e. The molecule has 2 N–H and O–H groups in total. The number of carbonyl (C=O) groups excluding carboxylic acids is 1. The molecule has 7 nitrogen and oxygen atoms in total. The van der Waals surface area contributed by atoms with Crippen LogP contribution in [0, 0.1) is 0 Å². The molecular weight excluding hydrogens is 270 g/mol. The molecule has 112 valence electrons. The molecule has 0 saturated carbocycles. The minimum atomic E-state index is -0.202. The highest BCUT2D eigenvalue weighted by atomic mass is 16.5. The third kappa shape index (κ3) is 4.57. The van der Waals surface area contributed by atoms with Crippen LogP contribution in [0.15, 0.2) is 36.8 Å². The molecule has 0 aliphatic rings. The summed E-state index contributed by atoms with van der Waals surface area (Å²) in [6.45, 7) is 2.13. The van der Waals surface area contributed by atoms with Crippen LogP contribution < -0.4 is 10.6 Å². The van der Waals surface area contributed by atoms with E-state index in [1.807, 2.05) is 29.0 Å². The van der Waals surface area contributed by atoms with Gasteiger partial charge >= 0.3 is 6.03 Å². The van der Waals surface area contributed by atoms with E-state index in [9.17, 15) is 4.79 Å². The van der Waals surface area contributed by atoms with Crippen molar-refractivity contribution in [1.82, 2.24) is 25.2 Å². The fourth-order valence-corrected chi connectivity index (χ4v) is 1.84. The largest absolute Gasteiger partial charge is 0.383 e. The predicted molar refractivity (Wildman–Crippen MR) is 78.7 cm³/mol. The average molecular weight is 289 g/mol. The molecule has 0 aliphatic carbocycles. The lowest BCUT2D eigenvalue weighted by Crippen LogP contribution is -2.38. The zero-order valence-electron chi connectivity index (χ0n) is 12.0. The van der Waals surface area contributed by atoms with Crippen molar-refractivity contribution in [3.8, 4) is 11.5 Å². The molecule has 7 heteroatoms. The first-order chi connectivity index (χ1) is 10.3. The molecule has 0 aromatic carbocycles. The molecule has 0 fully saturated rings. The van der Waals surface area contributed by atoms with E-state index < -0.39 is 0 Å². The number of amides is 2. The first kappa shape index (κ1) is 15.0. The number of pyridine rings is 1. The third-order valence-electron chi connectivity index (χ3n) is 2.84. The summed E-state index contributed by atoms with van der Waals surface area (Å²) < 4.78 is 6.81. The van der Waals surface area contributed by atoms with Crippen LogP contribution in [-0.4, -0.2) is 47.4 Å². The van der Waals surface area contributed by atoms with E-state index in [2.05, 4.69) is 20.6 Å². The fourth-order valence-electron chi connectivity index (χ4n) is 1.84. The molecule has 0 spiro atoms. The summed E-state index contributed by atoms with van der Waals surface area (Å²) in [7, 11) is 1.60. The maximum atomic E-state index is 11.5. The quantitative estimate of drug-likeness (QED) is 0.742. The highest BCUT2D eigenvalue weighted by molar-refractivity contribution is 5.73. The Morgan fingerprint density at radius 3 is 2.86 bits per heavy atom. The first-order valence-corrected chi connectivity index (χ1v) is 6.74.